The van der Waals surface area contributed by atoms with Crippen molar-refractivity contribution in [3.8, 4) is 0 Å². The van der Waals surface area contributed by atoms with Crippen molar-refractivity contribution in [3.05, 3.63) is 97.2 Å². The molecule has 0 aliphatic rings. The Morgan fingerprint density at radius 3 is 0.846 bits per heavy atom. The number of phosphoric ester groups is 1. The van der Waals surface area contributed by atoms with E-state index in [4.69, 9.17) is 24.3 Å². The summed E-state index contributed by atoms with van der Waals surface area (Å²) in [5, 5.41) is 0. The maximum absolute atomic E-state index is 12.8. The molecule has 0 aliphatic carbocycles. The number of allylic oxidation sites excluding steroid dienone is 16. The van der Waals surface area contributed by atoms with E-state index in [2.05, 4.69) is 111 Å². The Hall–Kier alpha value is -3.07. The van der Waals surface area contributed by atoms with E-state index < -0.39 is 26.5 Å². The molecule has 0 heterocycles. The molecule has 91 heavy (non-hydrogen) atoms. The molecule has 0 aromatic rings. The first-order valence-corrected chi connectivity index (χ1v) is 40.2. The minimum absolute atomic E-state index is 0.0536. The number of esters is 2. The van der Waals surface area contributed by atoms with Gasteiger partial charge in [0.2, 0.25) is 0 Å². The first-order chi connectivity index (χ1) is 44.8. The number of unbranched alkanes of at least 4 members (excludes halogenated alkanes) is 44. The Morgan fingerprint density at radius 2 is 0.571 bits per heavy atom. The van der Waals surface area contributed by atoms with Crippen molar-refractivity contribution in [2.24, 2.45) is 5.73 Å². The Morgan fingerprint density at radius 1 is 0.330 bits per heavy atom. The van der Waals surface area contributed by atoms with Gasteiger partial charge < -0.3 is 20.1 Å². The van der Waals surface area contributed by atoms with Crippen LogP contribution in [0, 0.1) is 0 Å². The van der Waals surface area contributed by atoms with Crippen LogP contribution in [0.5, 0.6) is 0 Å². The van der Waals surface area contributed by atoms with Gasteiger partial charge in [-0.3, -0.25) is 18.6 Å². The van der Waals surface area contributed by atoms with Crippen LogP contribution in [0.15, 0.2) is 97.2 Å². The number of rotatable bonds is 73. The van der Waals surface area contributed by atoms with Gasteiger partial charge in [-0.1, -0.05) is 368 Å². The molecule has 2 unspecified atom stereocenters. The second kappa shape index (κ2) is 76.0. The molecule has 9 nitrogen and oxygen atoms in total. The standard InChI is InChI=1S/C81H146NO8P/c1-3-5-7-9-11-13-15-17-19-21-23-25-27-29-31-33-35-36-37-38-39-40-41-42-44-46-48-50-52-54-56-58-60-62-64-66-68-70-72-74-81(84)90-79(78-89-91(85,86)88-76-75-82)77-87-80(83)73-71-69-67-65-63-61-59-57-55-53-51-49-47-45-43-34-32-30-28-26-24-22-20-18-16-14-12-10-8-6-4-2/h5-8,11-14,17-20,23-26,79H,3-4,9-10,15-16,21-22,27-78,82H2,1-2H3,(H,85,86)/b7-5-,8-6-,13-11-,14-12-,19-17-,20-18-,25-23-,26-24-. The highest BCUT2D eigenvalue weighted by Crippen LogP contribution is 2.43. The average molecular weight is 1290 g/mol. The van der Waals surface area contributed by atoms with Gasteiger partial charge >= 0.3 is 19.8 Å². The van der Waals surface area contributed by atoms with Crippen molar-refractivity contribution < 1.29 is 37.6 Å². The highest BCUT2D eigenvalue weighted by molar-refractivity contribution is 7.47. The van der Waals surface area contributed by atoms with Crippen LogP contribution in [0.2, 0.25) is 0 Å². The number of phosphoric acid groups is 1. The fraction of sp³-hybridized carbons (Fsp3) is 0.778. The fourth-order valence-corrected chi connectivity index (χ4v) is 12.1. The highest BCUT2D eigenvalue weighted by atomic mass is 31.2. The third kappa shape index (κ3) is 75.8. The van der Waals surface area contributed by atoms with Crippen LogP contribution < -0.4 is 5.73 Å². The molecule has 0 rings (SSSR count). The molecule has 2 atom stereocenters. The van der Waals surface area contributed by atoms with Crippen LogP contribution in [0.3, 0.4) is 0 Å². The van der Waals surface area contributed by atoms with E-state index in [9.17, 15) is 19.0 Å². The number of hydrogen-bond acceptors (Lipinski definition) is 8. The summed E-state index contributed by atoms with van der Waals surface area (Å²) < 4.78 is 33.3. The van der Waals surface area contributed by atoms with Gasteiger partial charge in [0.15, 0.2) is 6.10 Å². The molecule has 0 bridgehead atoms. The lowest BCUT2D eigenvalue weighted by Crippen LogP contribution is -2.29. The van der Waals surface area contributed by atoms with E-state index in [0.29, 0.717) is 6.42 Å². The molecule has 0 amide bonds. The lowest BCUT2D eigenvalue weighted by molar-refractivity contribution is -0.161. The zero-order chi connectivity index (χ0) is 65.8. The summed E-state index contributed by atoms with van der Waals surface area (Å²) in [6.45, 7) is 3.58. The topological polar surface area (TPSA) is 134 Å². The molecule has 0 spiro atoms. The van der Waals surface area contributed by atoms with E-state index in [1.807, 2.05) is 0 Å². The fourth-order valence-electron chi connectivity index (χ4n) is 11.3. The quantitative estimate of drug-likeness (QED) is 0.0264. The van der Waals surface area contributed by atoms with Crippen LogP contribution in [0.1, 0.15) is 373 Å². The molecular weight excluding hydrogens is 1150 g/mol. The zero-order valence-corrected chi connectivity index (χ0v) is 60.5. The average Bonchev–Trinajstić information content (AvgIpc) is 3.71. The zero-order valence-electron chi connectivity index (χ0n) is 59.6. The number of hydrogen-bond donors (Lipinski definition) is 2. The van der Waals surface area contributed by atoms with Crippen molar-refractivity contribution in [2.75, 3.05) is 26.4 Å². The normalized spacial score (nSPS) is 13.4. The van der Waals surface area contributed by atoms with Crippen LogP contribution in [0.4, 0.5) is 0 Å². The van der Waals surface area contributed by atoms with Gasteiger partial charge in [-0.15, -0.1) is 0 Å². The summed E-state index contributed by atoms with van der Waals surface area (Å²) >= 11 is 0. The monoisotopic (exact) mass is 1290 g/mol. The van der Waals surface area contributed by atoms with Crippen molar-refractivity contribution in [2.45, 2.75) is 380 Å². The van der Waals surface area contributed by atoms with E-state index in [-0.39, 0.29) is 38.6 Å². The predicted octanol–water partition coefficient (Wildman–Crippen LogP) is 25.9. The molecule has 528 valence electrons. The first kappa shape index (κ1) is 87.9. The Labute approximate surface area is 563 Å². The van der Waals surface area contributed by atoms with E-state index in [1.54, 1.807) is 0 Å². The summed E-state index contributed by atoms with van der Waals surface area (Å²) in [4.78, 5) is 35.4. The van der Waals surface area contributed by atoms with Gasteiger partial charge in [0.05, 0.1) is 13.2 Å². The van der Waals surface area contributed by atoms with Crippen molar-refractivity contribution in [1.82, 2.24) is 0 Å². The lowest BCUT2D eigenvalue weighted by Gasteiger charge is -2.19. The van der Waals surface area contributed by atoms with Crippen LogP contribution in [0.25, 0.3) is 0 Å². The largest absolute Gasteiger partial charge is 0.472 e. The third-order valence-corrected chi connectivity index (χ3v) is 17.9. The molecule has 3 N–H and O–H groups in total. The Bertz CT molecular complexity index is 1820. The summed E-state index contributed by atoms with van der Waals surface area (Å²) in [7, 11) is -4.40. The minimum Gasteiger partial charge on any atom is -0.462 e. The van der Waals surface area contributed by atoms with E-state index in [0.717, 1.165) is 83.5 Å². The Balaban J connectivity index is 3.77. The van der Waals surface area contributed by atoms with Crippen LogP contribution >= 0.6 is 7.82 Å². The van der Waals surface area contributed by atoms with E-state index >= 15 is 0 Å². The van der Waals surface area contributed by atoms with Gasteiger partial charge in [0, 0.05) is 19.4 Å². The highest BCUT2D eigenvalue weighted by Gasteiger charge is 2.26. The number of nitrogens with two attached hydrogens (primary N) is 1. The van der Waals surface area contributed by atoms with Crippen LogP contribution in [-0.2, 0) is 32.7 Å². The number of carbonyl (C=O) groups is 2. The van der Waals surface area contributed by atoms with Crippen LogP contribution in [-0.4, -0.2) is 49.3 Å². The maximum atomic E-state index is 12.8. The molecular formula is C81H146NO8P. The van der Waals surface area contributed by atoms with E-state index in [1.165, 1.54) is 257 Å². The van der Waals surface area contributed by atoms with Gasteiger partial charge in [0.1, 0.15) is 6.61 Å². The van der Waals surface area contributed by atoms with Crippen molar-refractivity contribution in [1.29, 1.82) is 0 Å². The first-order valence-electron chi connectivity index (χ1n) is 38.7. The summed E-state index contributed by atoms with van der Waals surface area (Å²) in [5.41, 5.74) is 5.41. The molecule has 0 fully saturated rings. The summed E-state index contributed by atoms with van der Waals surface area (Å²) in [6, 6.07) is 0. The lowest BCUT2D eigenvalue weighted by atomic mass is 10.0. The smallest absolute Gasteiger partial charge is 0.462 e. The summed E-state index contributed by atoms with van der Waals surface area (Å²) in [5.74, 6) is -0.809. The van der Waals surface area contributed by atoms with Crippen molar-refractivity contribution >= 4 is 19.8 Å². The molecule has 0 saturated heterocycles. The van der Waals surface area contributed by atoms with Gasteiger partial charge in [-0.25, -0.2) is 4.57 Å². The number of ether oxygens (including phenoxy) is 2. The predicted molar refractivity (Wildman–Crippen MR) is 395 cm³/mol. The maximum Gasteiger partial charge on any atom is 0.472 e. The molecule has 0 radical (unpaired) electrons. The van der Waals surface area contributed by atoms with Gasteiger partial charge in [0.25, 0.3) is 0 Å². The molecule has 0 aromatic carbocycles. The summed E-state index contributed by atoms with van der Waals surface area (Å²) in [6.07, 6.45) is 104. The van der Waals surface area contributed by atoms with Crippen molar-refractivity contribution in [3.63, 3.8) is 0 Å². The van der Waals surface area contributed by atoms with Gasteiger partial charge in [-0.05, 0) is 89.9 Å². The minimum atomic E-state index is -4.40. The molecule has 0 aromatic heterocycles. The molecule has 0 saturated carbocycles. The second-order valence-electron chi connectivity index (χ2n) is 25.8. The van der Waals surface area contributed by atoms with Gasteiger partial charge in [-0.2, -0.15) is 0 Å². The SMILES string of the molecule is CC/C=C\C/C=C\C/C=C\C/C=C\CCCCCCCCCCCCCCCCCCCCCCCCCCCCC(=O)OC(COC(=O)CCCCCCCCCCCCCCCCCCCC/C=C\C/C=C\C/C=C\C/C=C\CC)COP(=O)(O)OCCN. The molecule has 10 heteroatoms. The second-order valence-corrected chi connectivity index (χ2v) is 27.3. The third-order valence-electron chi connectivity index (χ3n) is 17.0. The Kier molecular flexibility index (Phi) is 73.4. The number of carbonyl (C=O) groups excluding carboxylic acids is 2. The molecule has 0 aliphatic heterocycles.